The van der Waals surface area contributed by atoms with E-state index < -0.39 is 0 Å². The summed E-state index contributed by atoms with van der Waals surface area (Å²) in [5.74, 6) is 1.59. The Morgan fingerprint density at radius 3 is 2.05 bits per heavy atom. The second-order valence-corrected chi connectivity index (χ2v) is 19.1. The lowest BCUT2D eigenvalue weighted by Gasteiger charge is -2.28. The van der Waals surface area contributed by atoms with E-state index in [-0.39, 0.29) is 49.1 Å². The number of aliphatic imine (C=N–C) groups is 1. The fraction of sp³-hybridized carbons (Fsp3) is 0.404. The Balaban J connectivity index is 0.920. The molecule has 5 aliphatic rings. The molecule has 5 aromatic carbocycles. The van der Waals surface area contributed by atoms with Gasteiger partial charge in [-0.15, -0.1) is 0 Å². The molecule has 73 heavy (non-hydrogen) atoms. The van der Waals surface area contributed by atoms with Crippen molar-refractivity contribution in [2.75, 3.05) is 94.0 Å². The number of anilines is 4. The first kappa shape index (κ1) is 49.4. The fourth-order valence-corrected chi connectivity index (χ4v) is 10.3. The molecule has 2 atom stereocenters. The molecule has 3 amide bonds. The lowest BCUT2D eigenvalue weighted by atomic mass is 9.93. The summed E-state index contributed by atoms with van der Waals surface area (Å²) < 4.78 is 41.8. The molecule has 1 fully saturated rings. The number of fused-ring (bicyclic) bond motifs is 8. The third-order valence-electron chi connectivity index (χ3n) is 14.3. The molecule has 4 aliphatic heterocycles. The van der Waals surface area contributed by atoms with Crippen LogP contribution in [-0.2, 0) is 45.1 Å². The van der Waals surface area contributed by atoms with Gasteiger partial charge in [-0.3, -0.25) is 24.3 Å². The van der Waals surface area contributed by atoms with Gasteiger partial charge in [0.2, 0.25) is 5.91 Å². The van der Waals surface area contributed by atoms with E-state index in [2.05, 4.69) is 39.8 Å². The van der Waals surface area contributed by atoms with Gasteiger partial charge in [0.15, 0.2) is 23.0 Å². The van der Waals surface area contributed by atoms with Gasteiger partial charge >= 0.3 is 0 Å². The fourth-order valence-electron chi connectivity index (χ4n) is 10.3. The monoisotopic (exact) mass is 992 g/mol. The molecular formula is C57H64N6O10. The molecule has 16 nitrogen and oxygen atoms in total. The standard InChI is InChI=1S/C57H64N6O10/c1-67-20-21-71-23-22-70-19-18-61(17-9-16-55(64)60-41-12-8-13-41)42-25-37(35-72-53-31-47-45(29-51(53)68-2)56(65)62-43(33-58-47)27-39-10-4-6-14-49(39)62)24-38(26-42)36-73-54-32-48-46(30-52(54)69-3)57(66)63-44(34-59-48)28-40-11-5-7-15-50(40)63/h4-7,10-11,14-15,24-26,29-33,41,43-44,59H,8-9,12-13,16-23,27-28,34-36H2,1-3H3,(H,60,64)/t43-,44-/m0/s1. The first-order valence-electron chi connectivity index (χ1n) is 25.4. The van der Waals surface area contributed by atoms with Crippen LogP contribution in [0, 0.1) is 0 Å². The normalized spacial score (nSPS) is 17.2. The van der Waals surface area contributed by atoms with Gasteiger partial charge in [-0.2, -0.15) is 0 Å². The summed E-state index contributed by atoms with van der Waals surface area (Å²) in [7, 11) is 4.78. The summed E-state index contributed by atoms with van der Waals surface area (Å²) in [5, 5.41) is 6.71. The number of para-hydroxylation sites is 2. The zero-order chi connectivity index (χ0) is 50.3. The van der Waals surface area contributed by atoms with Gasteiger partial charge in [0, 0.05) is 81.0 Å². The molecule has 5 aromatic rings. The Kier molecular flexibility index (Phi) is 15.4. The van der Waals surface area contributed by atoms with Crippen LogP contribution in [0.5, 0.6) is 23.0 Å². The highest BCUT2D eigenvalue weighted by Gasteiger charge is 2.39. The van der Waals surface area contributed by atoms with Crippen LogP contribution in [0.2, 0.25) is 0 Å². The number of rotatable bonds is 23. The molecule has 0 radical (unpaired) electrons. The van der Waals surface area contributed by atoms with E-state index in [1.807, 2.05) is 64.5 Å². The van der Waals surface area contributed by atoms with Crippen molar-refractivity contribution >= 4 is 52.4 Å². The second kappa shape index (κ2) is 22.7. The summed E-state index contributed by atoms with van der Waals surface area (Å²) in [4.78, 5) is 52.1. The number of hydrogen-bond acceptors (Lipinski definition) is 13. The quantitative estimate of drug-likeness (QED) is 0.0607. The van der Waals surface area contributed by atoms with E-state index in [1.54, 1.807) is 39.5 Å². The molecule has 0 bridgehead atoms. The Labute approximate surface area is 426 Å². The van der Waals surface area contributed by atoms with E-state index >= 15 is 0 Å². The summed E-state index contributed by atoms with van der Waals surface area (Å²) in [6, 6.07) is 29.4. The third kappa shape index (κ3) is 11.0. The van der Waals surface area contributed by atoms with Crippen molar-refractivity contribution in [1.29, 1.82) is 0 Å². The van der Waals surface area contributed by atoms with Crippen molar-refractivity contribution in [1.82, 2.24) is 5.32 Å². The minimum absolute atomic E-state index is 0.0207. The molecule has 382 valence electrons. The number of benzene rings is 5. The van der Waals surface area contributed by atoms with Gasteiger partial charge in [0.25, 0.3) is 11.8 Å². The number of nitrogens with zero attached hydrogens (tertiary/aromatic N) is 4. The molecule has 2 N–H and O–H groups in total. The van der Waals surface area contributed by atoms with Crippen molar-refractivity contribution < 1.29 is 47.5 Å². The number of amides is 3. The number of nitrogens with one attached hydrogen (secondary N) is 2. The molecular weight excluding hydrogens is 929 g/mol. The highest BCUT2D eigenvalue weighted by Crippen LogP contribution is 2.43. The number of carbonyl (C=O) groups is 3. The number of ether oxygens (including phenoxy) is 7. The summed E-state index contributed by atoms with van der Waals surface area (Å²) in [6.07, 6.45) is 7.53. The van der Waals surface area contributed by atoms with Crippen molar-refractivity contribution in [2.24, 2.45) is 4.99 Å². The molecule has 10 rings (SSSR count). The molecule has 16 heteroatoms. The second-order valence-electron chi connectivity index (χ2n) is 19.1. The molecule has 0 aromatic heterocycles. The molecule has 0 unspecified atom stereocenters. The first-order chi connectivity index (χ1) is 35.8. The highest BCUT2D eigenvalue weighted by atomic mass is 16.5. The lowest BCUT2D eigenvalue weighted by molar-refractivity contribution is -0.122. The van der Waals surface area contributed by atoms with Gasteiger partial charge < -0.3 is 53.6 Å². The van der Waals surface area contributed by atoms with Crippen molar-refractivity contribution in [2.45, 2.75) is 76.3 Å². The highest BCUT2D eigenvalue weighted by molar-refractivity contribution is 6.15. The molecule has 4 heterocycles. The molecule has 1 saturated carbocycles. The molecule has 0 saturated heterocycles. The maximum Gasteiger partial charge on any atom is 0.261 e. The smallest absolute Gasteiger partial charge is 0.261 e. The van der Waals surface area contributed by atoms with E-state index in [0.29, 0.717) is 117 Å². The van der Waals surface area contributed by atoms with E-state index in [1.165, 1.54) is 0 Å². The Hall–Kier alpha value is -7.14. The van der Waals surface area contributed by atoms with Crippen molar-refractivity contribution in [3.63, 3.8) is 0 Å². The number of methoxy groups -OCH3 is 3. The zero-order valence-electron chi connectivity index (χ0n) is 41.9. The summed E-state index contributed by atoms with van der Waals surface area (Å²) in [5.41, 5.74) is 8.80. The van der Waals surface area contributed by atoms with Crippen LogP contribution in [0.15, 0.2) is 96.0 Å². The predicted molar refractivity (Wildman–Crippen MR) is 280 cm³/mol. The molecule has 0 spiro atoms. The Morgan fingerprint density at radius 2 is 1.36 bits per heavy atom. The minimum Gasteiger partial charge on any atom is -0.493 e. The van der Waals surface area contributed by atoms with Crippen molar-refractivity contribution in [3.8, 4) is 23.0 Å². The van der Waals surface area contributed by atoms with Gasteiger partial charge in [-0.1, -0.05) is 36.4 Å². The van der Waals surface area contributed by atoms with Gasteiger partial charge in [-0.05, 0) is 96.8 Å². The molecule has 1 aliphatic carbocycles. The zero-order valence-corrected chi connectivity index (χ0v) is 41.9. The van der Waals surface area contributed by atoms with Crippen LogP contribution in [0.1, 0.15) is 75.1 Å². The Morgan fingerprint density at radius 1 is 0.712 bits per heavy atom. The topological polar surface area (TPSA) is 162 Å². The number of hydrogen-bond donors (Lipinski definition) is 2. The summed E-state index contributed by atoms with van der Waals surface area (Å²) >= 11 is 0. The average Bonchev–Trinajstić information content (AvgIpc) is 3.89. The Bertz CT molecular complexity index is 2850. The SMILES string of the molecule is COCCOCCOCCN(CCCC(=O)NC1CCC1)c1cc(COc2cc3c(cc2OC)C(=O)N2c4ccccc4C[C@H]2C=N3)cc(COc2cc3c(cc2OC)C(=O)N2c4ccccc4C[C@H]2CN3)c1. The largest absolute Gasteiger partial charge is 0.493 e. The maximum atomic E-state index is 14.2. The first-order valence-corrected chi connectivity index (χ1v) is 25.4. The van der Waals surface area contributed by atoms with Gasteiger partial charge in [-0.25, -0.2) is 0 Å². The van der Waals surface area contributed by atoms with Crippen LogP contribution in [0.25, 0.3) is 0 Å². The number of carbonyl (C=O) groups excluding carboxylic acids is 3. The summed E-state index contributed by atoms with van der Waals surface area (Å²) in [6.45, 7) is 4.30. The predicted octanol–water partition coefficient (Wildman–Crippen LogP) is 8.08. The van der Waals surface area contributed by atoms with Gasteiger partial charge in [0.05, 0.1) is 81.8 Å². The van der Waals surface area contributed by atoms with Crippen LogP contribution < -0.4 is 44.3 Å². The lowest BCUT2D eigenvalue weighted by Crippen LogP contribution is -2.39. The van der Waals surface area contributed by atoms with Crippen LogP contribution in [0.4, 0.5) is 28.4 Å². The average molecular weight is 993 g/mol. The van der Waals surface area contributed by atoms with E-state index in [4.69, 9.17) is 38.2 Å². The van der Waals surface area contributed by atoms with Crippen molar-refractivity contribution in [3.05, 3.63) is 124 Å². The third-order valence-corrected chi connectivity index (χ3v) is 14.3. The van der Waals surface area contributed by atoms with Crippen LogP contribution >= 0.6 is 0 Å². The minimum atomic E-state index is -0.198. The van der Waals surface area contributed by atoms with Crippen LogP contribution in [0.3, 0.4) is 0 Å². The van der Waals surface area contributed by atoms with Gasteiger partial charge in [0.1, 0.15) is 13.2 Å². The maximum absolute atomic E-state index is 14.2. The van der Waals surface area contributed by atoms with Crippen LogP contribution in [-0.4, -0.2) is 116 Å². The van der Waals surface area contributed by atoms with E-state index in [9.17, 15) is 14.4 Å². The van der Waals surface area contributed by atoms with E-state index in [0.717, 1.165) is 65.0 Å².